The van der Waals surface area contributed by atoms with Gasteiger partial charge in [0.05, 0.1) is 0 Å². The molecule has 0 aromatic carbocycles. The van der Waals surface area contributed by atoms with Crippen molar-refractivity contribution in [3.05, 3.63) is 37.1 Å². The molecule has 0 aliphatic carbocycles. The minimum Gasteiger partial charge on any atom is -0.385 e. The van der Waals surface area contributed by atoms with Crippen LogP contribution in [-0.2, 0) is 0 Å². The summed E-state index contributed by atoms with van der Waals surface area (Å²) in [5, 5.41) is 3.24. The van der Waals surface area contributed by atoms with Gasteiger partial charge in [0.2, 0.25) is 0 Å². The van der Waals surface area contributed by atoms with Crippen LogP contribution >= 0.6 is 0 Å². The van der Waals surface area contributed by atoms with E-state index in [1.54, 1.807) is 12.2 Å². The van der Waals surface area contributed by atoms with Gasteiger partial charge in [-0.2, -0.15) is 0 Å². The summed E-state index contributed by atoms with van der Waals surface area (Å²) in [7, 11) is 0. The summed E-state index contributed by atoms with van der Waals surface area (Å²) in [6.45, 7) is 10.5. The highest BCUT2D eigenvalue weighted by Gasteiger charge is 1.86. The number of nitrogens with one attached hydrogen (secondary N) is 1. The van der Waals surface area contributed by atoms with Crippen molar-refractivity contribution in [3.8, 4) is 0 Å². The first-order valence-corrected chi connectivity index (χ1v) is 4.04. The van der Waals surface area contributed by atoms with Gasteiger partial charge in [-0.25, -0.2) is 0 Å². The molecule has 0 aromatic heterocycles. The van der Waals surface area contributed by atoms with Gasteiger partial charge in [0.15, 0.2) is 0 Å². The predicted octanol–water partition coefficient (Wildman–Crippen LogP) is 2.63. The fourth-order valence-electron chi connectivity index (χ4n) is 0.736. The largest absolute Gasteiger partial charge is 0.385 e. The monoisotopic (exact) mass is 151 g/mol. The lowest BCUT2D eigenvalue weighted by Gasteiger charge is -2.04. The van der Waals surface area contributed by atoms with Crippen molar-refractivity contribution < 1.29 is 0 Å². The minimum atomic E-state index is 1.02. The van der Waals surface area contributed by atoms with Crippen molar-refractivity contribution in [3.63, 3.8) is 0 Å². The number of hydrogen-bond donors (Lipinski definition) is 1. The van der Waals surface area contributed by atoms with Crippen LogP contribution in [0, 0.1) is 0 Å². The third-order valence-electron chi connectivity index (χ3n) is 1.38. The van der Waals surface area contributed by atoms with Gasteiger partial charge < -0.3 is 5.32 Å². The number of hydrogen-bond acceptors (Lipinski definition) is 1. The minimum absolute atomic E-state index is 1.02. The Balaban J connectivity index is 3.60. The zero-order chi connectivity index (χ0) is 8.53. The van der Waals surface area contributed by atoms with E-state index in [2.05, 4.69) is 25.4 Å². The summed E-state index contributed by atoms with van der Waals surface area (Å²) in [6, 6.07) is 0. The predicted molar refractivity (Wildman–Crippen MR) is 51.4 cm³/mol. The van der Waals surface area contributed by atoms with E-state index >= 15 is 0 Å². The first-order valence-electron chi connectivity index (χ1n) is 4.04. The lowest BCUT2D eigenvalue weighted by atomic mass is 10.3. The molecule has 0 saturated carbocycles. The lowest BCUT2D eigenvalue weighted by molar-refractivity contribution is 0.720. The van der Waals surface area contributed by atoms with Gasteiger partial charge in [-0.05, 0) is 18.6 Å². The quantitative estimate of drug-likeness (QED) is 0.454. The van der Waals surface area contributed by atoms with Gasteiger partial charge in [0, 0.05) is 12.2 Å². The Morgan fingerprint density at radius 1 is 1.45 bits per heavy atom. The van der Waals surface area contributed by atoms with Crippen LogP contribution < -0.4 is 5.32 Å². The van der Waals surface area contributed by atoms with Gasteiger partial charge in [-0.1, -0.05) is 32.6 Å². The maximum absolute atomic E-state index is 3.68. The van der Waals surface area contributed by atoms with E-state index in [0.717, 1.165) is 12.2 Å². The Morgan fingerprint density at radius 2 is 2.18 bits per heavy atom. The molecule has 0 unspecified atom stereocenters. The first-order chi connectivity index (χ1) is 5.35. The van der Waals surface area contributed by atoms with Crippen molar-refractivity contribution in [1.29, 1.82) is 0 Å². The molecule has 11 heavy (non-hydrogen) atoms. The Hall–Kier alpha value is -0.980. The summed E-state index contributed by atoms with van der Waals surface area (Å²) in [6.07, 6.45) is 7.89. The molecule has 0 radical (unpaired) electrons. The number of allylic oxidation sites excluding steroid dienone is 3. The van der Waals surface area contributed by atoms with E-state index in [-0.39, 0.29) is 0 Å². The Kier molecular flexibility index (Phi) is 6.50. The zero-order valence-electron chi connectivity index (χ0n) is 7.27. The second-order valence-corrected chi connectivity index (χ2v) is 2.34. The third kappa shape index (κ3) is 5.46. The molecule has 0 fully saturated rings. The Morgan fingerprint density at radius 3 is 2.64 bits per heavy atom. The van der Waals surface area contributed by atoms with Crippen LogP contribution in [0.5, 0.6) is 0 Å². The summed E-state index contributed by atoms with van der Waals surface area (Å²) in [4.78, 5) is 0. The van der Waals surface area contributed by atoms with Gasteiger partial charge in [0.25, 0.3) is 0 Å². The second-order valence-electron chi connectivity index (χ2n) is 2.34. The average Bonchev–Trinajstić information content (AvgIpc) is 2.03. The van der Waals surface area contributed by atoms with E-state index < -0.39 is 0 Å². The van der Waals surface area contributed by atoms with Gasteiger partial charge >= 0.3 is 0 Å². The maximum Gasteiger partial charge on any atom is 0.0333 e. The highest BCUT2D eigenvalue weighted by molar-refractivity contribution is 5.18. The molecule has 0 saturated heterocycles. The molecule has 0 aliphatic rings. The molecule has 0 bridgehead atoms. The van der Waals surface area contributed by atoms with Crippen LogP contribution in [-0.4, -0.2) is 6.54 Å². The van der Waals surface area contributed by atoms with Crippen LogP contribution in [0.15, 0.2) is 37.1 Å². The standard InChI is InChI=1S/C10H17N/c1-4-7-9-11-10(6-3)8-5-2/h5-6,8,11H,2-4,7,9H2,1H3/b10-8+. The topological polar surface area (TPSA) is 12.0 Å². The van der Waals surface area contributed by atoms with Crippen LogP contribution in [0.3, 0.4) is 0 Å². The van der Waals surface area contributed by atoms with Crippen LogP contribution in [0.1, 0.15) is 19.8 Å². The first kappa shape index (κ1) is 10.0. The molecule has 0 spiro atoms. The summed E-state index contributed by atoms with van der Waals surface area (Å²) in [5.41, 5.74) is 1.05. The van der Waals surface area contributed by atoms with E-state index in [0.29, 0.717) is 0 Å². The van der Waals surface area contributed by atoms with Crippen LogP contribution in [0.2, 0.25) is 0 Å². The maximum atomic E-state index is 3.68. The van der Waals surface area contributed by atoms with Gasteiger partial charge in [-0.3, -0.25) is 0 Å². The van der Waals surface area contributed by atoms with Crippen LogP contribution in [0.25, 0.3) is 0 Å². The molecule has 1 N–H and O–H groups in total. The van der Waals surface area contributed by atoms with Gasteiger partial charge in [-0.15, -0.1) is 0 Å². The molecule has 0 amide bonds. The molecule has 0 heterocycles. The van der Waals surface area contributed by atoms with E-state index in [1.165, 1.54) is 12.8 Å². The molecule has 1 nitrogen and oxygen atoms in total. The summed E-state index contributed by atoms with van der Waals surface area (Å²) < 4.78 is 0. The molecule has 1 heteroatoms. The van der Waals surface area contributed by atoms with E-state index in [1.807, 2.05) is 6.08 Å². The Bertz CT molecular complexity index is 145. The number of rotatable bonds is 6. The fraction of sp³-hybridized carbons (Fsp3) is 0.400. The lowest BCUT2D eigenvalue weighted by Crippen LogP contribution is -2.12. The van der Waals surface area contributed by atoms with E-state index in [9.17, 15) is 0 Å². The zero-order valence-corrected chi connectivity index (χ0v) is 7.27. The summed E-state index contributed by atoms with van der Waals surface area (Å²) >= 11 is 0. The third-order valence-corrected chi connectivity index (χ3v) is 1.38. The molecule has 0 aromatic rings. The summed E-state index contributed by atoms with van der Waals surface area (Å²) in [5.74, 6) is 0. The highest BCUT2D eigenvalue weighted by atomic mass is 14.9. The average molecular weight is 151 g/mol. The molecule has 0 aliphatic heterocycles. The molecule has 0 rings (SSSR count). The van der Waals surface area contributed by atoms with Crippen molar-refractivity contribution in [1.82, 2.24) is 5.32 Å². The van der Waals surface area contributed by atoms with E-state index in [4.69, 9.17) is 0 Å². The SMILES string of the molecule is C=C/C=C(\C=C)NCCCC. The van der Waals surface area contributed by atoms with Gasteiger partial charge in [0.1, 0.15) is 0 Å². The Labute approximate surface area is 69.5 Å². The van der Waals surface area contributed by atoms with Crippen molar-refractivity contribution in [2.24, 2.45) is 0 Å². The van der Waals surface area contributed by atoms with Crippen molar-refractivity contribution in [2.75, 3.05) is 6.54 Å². The molecule has 0 atom stereocenters. The highest BCUT2D eigenvalue weighted by Crippen LogP contribution is 1.91. The van der Waals surface area contributed by atoms with Crippen molar-refractivity contribution in [2.45, 2.75) is 19.8 Å². The molecule has 62 valence electrons. The molecular weight excluding hydrogens is 134 g/mol. The second kappa shape index (κ2) is 7.13. The number of unbranched alkanes of at least 4 members (excludes halogenated alkanes) is 1. The van der Waals surface area contributed by atoms with Crippen LogP contribution in [0.4, 0.5) is 0 Å². The smallest absolute Gasteiger partial charge is 0.0333 e. The van der Waals surface area contributed by atoms with Crippen molar-refractivity contribution >= 4 is 0 Å². The fourth-order valence-corrected chi connectivity index (χ4v) is 0.736. The molecular formula is C10H17N. The normalized spacial score (nSPS) is 10.8.